The molecule has 1 aromatic carbocycles. The molecule has 0 radical (unpaired) electrons. The Morgan fingerprint density at radius 2 is 2.00 bits per heavy atom. The van der Waals surface area contributed by atoms with Crippen LogP contribution in [0.25, 0.3) is 0 Å². The summed E-state index contributed by atoms with van der Waals surface area (Å²) in [7, 11) is 0. The fourth-order valence-corrected chi connectivity index (χ4v) is 2.29. The summed E-state index contributed by atoms with van der Waals surface area (Å²) >= 11 is 0. The van der Waals surface area contributed by atoms with Crippen molar-refractivity contribution in [3.8, 4) is 5.75 Å². The van der Waals surface area contributed by atoms with E-state index in [0.717, 1.165) is 24.8 Å². The molecule has 25 heavy (non-hydrogen) atoms. The number of carbonyl (C=O) groups excluding carboxylic acids is 1. The molecule has 132 valence electrons. The van der Waals surface area contributed by atoms with Gasteiger partial charge in [-0.15, -0.1) is 5.10 Å². The quantitative estimate of drug-likeness (QED) is 0.503. The maximum atomic E-state index is 11.0. The van der Waals surface area contributed by atoms with Gasteiger partial charge < -0.3 is 4.74 Å². The third kappa shape index (κ3) is 6.37. The lowest BCUT2D eigenvalue weighted by Gasteiger charge is -2.05. The first-order valence-corrected chi connectivity index (χ1v) is 8.43. The number of nitrogens with zero attached hydrogens (tertiary/aromatic N) is 3. The van der Waals surface area contributed by atoms with Crippen LogP contribution < -0.4 is 4.74 Å². The third-order valence-corrected chi connectivity index (χ3v) is 3.73. The Hall–Kier alpha value is -2.69. The largest absolute Gasteiger partial charge is 0.486 e. The first kappa shape index (κ1) is 18.6. The molecule has 0 bridgehead atoms. The van der Waals surface area contributed by atoms with E-state index in [4.69, 9.17) is 4.74 Å². The van der Waals surface area contributed by atoms with E-state index in [-0.39, 0.29) is 6.61 Å². The fourth-order valence-electron chi connectivity index (χ4n) is 2.29. The van der Waals surface area contributed by atoms with Gasteiger partial charge in [-0.3, -0.25) is 4.79 Å². The lowest BCUT2D eigenvalue weighted by molar-refractivity contribution is 0.111. The van der Waals surface area contributed by atoms with Crippen LogP contribution in [-0.4, -0.2) is 21.3 Å². The van der Waals surface area contributed by atoms with Gasteiger partial charge in [0.15, 0.2) is 6.29 Å². The number of hydrogen-bond acceptors (Lipinski definition) is 4. The van der Waals surface area contributed by atoms with Gasteiger partial charge >= 0.3 is 0 Å². The molecule has 0 saturated heterocycles. The van der Waals surface area contributed by atoms with Crippen LogP contribution in [0.2, 0.25) is 0 Å². The van der Waals surface area contributed by atoms with Crippen LogP contribution in [0.1, 0.15) is 49.7 Å². The Kier molecular flexibility index (Phi) is 7.14. The van der Waals surface area contributed by atoms with E-state index in [1.165, 1.54) is 11.1 Å². The number of benzene rings is 1. The molecule has 1 heterocycles. The predicted molar refractivity (Wildman–Crippen MR) is 98.6 cm³/mol. The van der Waals surface area contributed by atoms with Crippen LogP contribution >= 0.6 is 0 Å². The highest BCUT2D eigenvalue weighted by atomic mass is 16.5. The van der Waals surface area contributed by atoms with E-state index in [0.29, 0.717) is 17.9 Å². The van der Waals surface area contributed by atoms with E-state index >= 15 is 0 Å². The normalized spacial score (nSPS) is 11.2. The summed E-state index contributed by atoms with van der Waals surface area (Å²) in [5.74, 6) is 0.557. The van der Waals surface area contributed by atoms with Crippen molar-refractivity contribution in [2.24, 2.45) is 0 Å². The molecular weight excluding hydrogens is 314 g/mol. The number of rotatable bonds is 9. The smallest absolute Gasteiger partial charge is 0.153 e. The zero-order valence-electron chi connectivity index (χ0n) is 15.1. The van der Waals surface area contributed by atoms with Crippen molar-refractivity contribution in [1.29, 1.82) is 0 Å². The summed E-state index contributed by atoms with van der Waals surface area (Å²) in [6.45, 7) is 7.35. The van der Waals surface area contributed by atoms with Gasteiger partial charge in [0.25, 0.3) is 0 Å². The van der Waals surface area contributed by atoms with Crippen molar-refractivity contribution in [3.05, 3.63) is 65.0 Å². The van der Waals surface area contributed by atoms with Gasteiger partial charge in [-0.25, -0.2) is 4.68 Å². The van der Waals surface area contributed by atoms with E-state index in [2.05, 4.69) is 43.2 Å². The number of aromatic nitrogens is 3. The highest BCUT2D eigenvalue weighted by Crippen LogP contribution is 2.16. The highest BCUT2D eigenvalue weighted by molar-refractivity contribution is 5.79. The number of ether oxygens (including phenoxy) is 1. The summed E-state index contributed by atoms with van der Waals surface area (Å²) in [5, 5.41) is 8.22. The molecular formula is C20H25N3O2. The monoisotopic (exact) mass is 339 g/mol. The first-order chi connectivity index (χ1) is 12.1. The zero-order chi connectivity index (χ0) is 18.1. The van der Waals surface area contributed by atoms with Crippen molar-refractivity contribution < 1.29 is 9.53 Å². The van der Waals surface area contributed by atoms with Gasteiger partial charge in [0.05, 0.1) is 18.3 Å². The lowest BCUT2D eigenvalue weighted by Crippen LogP contribution is -1.98. The molecule has 0 N–H and O–H groups in total. The predicted octanol–water partition coefficient (Wildman–Crippen LogP) is 4.36. The van der Waals surface area contributed by atoms with Crippen molar-refractivity contribution in [2.45, 2.75) is 46.8 Å². The maximum absolute atomic E-state index is 11.0. The second kappa shape index (κ2) is 9.57. The maximum Gasteiger partial charge on any atom is 0.153 e. The molecule has 0 spiro atoms. The molecule has 0 atom stereocenters. The fraction of sp³-hybridized carbons (Fsp3) is 0.350. The molecule has 0 aliphatic rings. The van der Waals surface area contributed by atoms with Gasteiger partial charge in [0.2, 0.25) is 0 Å². The number of para-hydroxylation sites is 1. The second-order valence-electron chi connectivity index (χ2n) is 6.25. The van der Waals surface area contributed by atoms with Crippen molar-refractivity contribution in [2.75, 3.05) is 0 Å². The van der Waals surface area contributed by atoms with Crippen molar-refractivity contribution in [3.63, 3.8) is 0 Å². The molecule has 0 fully saturated rings. The Bertz CT molecular complexity index is 756. The van der Waals surface area contributed by atoms with Gasteiger partial charge in [-0.2, -0.15) is 0 Å². The minimum atomic E-state index is 0.286. The van der Waals surface area contributed by atoms with Crippen LogP contribution in [0.5, 0.6) is 5.75 Å². The Labute approximate surface area is 149 Å². The summed E-state index contributed by atoms with van der Waals surface area (Å²) in [4.78, 5) is 11.0. The van der Waals surface area contributed by atoms with Crippen LogP contribution in [0, 0.1) is 0 Å². The Morgan fingerprint density at radius 1 is 1.20 bits per heavy atom. The summed E-state index contributed by atoms with van der Waals surface area (Å²) in [6, 6.07) is 7.13. The molecule has 5 heteroatoms. The minimum absolute atomic E-state index is 0.286. The van der Waals surface area contributed by atoms with E-state index in [1.54, 1.807) is 22.9 Å². The molecule has 2 rings (SSSR count). The molecule has 0 amide bonds. The molecule has 0 aliphatic carbocycles. The first-order valence-electron chi connectivity index (χ1n) is 8.43. The van der Waals surface area contributed by atoms with Gasteiger partial charge in [-0.05, 0) is 45.7 Å². The molecule has 0 aliphatic heterocycles. The van der Waals surface area contributed by atoms with E-state index in [9.17, 15) is 4.79 Å². The Balaban J connectivity index is 1.85. The van der Waals surface area contributed by atoms with Crippen LogP contribution in [0.3, 0.4) is 0 Å². The average Bonchev–Trinajstić information content (AvgIpc) is 3.06. The molecule has 0 saturated carbocycles. The summed E-state index contributed by atoms with van der Waals surface area (Å²) in [6.07, 6.45) is 9.19. The number of carbonyl (C=O) groups is 1. The third-order valence-electron chi connectivity index (χ3n) is 3.73. The van der Waals surface area contributed by atoms with E-state index < -0.39 is 0 Å². The van der Waals surface area contributed by atoms with Crippen LogP contribution in [0.4, 0.5) is 0 Å². The number of aldehydes is 1. The van der Waals surface area contributed by atoms with Gasteiger partial charge in [-0.1, -0.05) is 40.6 Å². The van der Waals surface area contributed by atoms with Crippen LogP contribution in [0.15, 0.2) is 53.8 Å². The zero-order valence-corrected chi connectivity index (χ0v) is 15.1. The molecule has 0 unspecified atom stereocenters. The Morgan fingerprint density at radius 3 is 2.76 bits per heavy atom. The standard InChI is InChI=1S/C20H25N3O2/c1-16(2)7-6-8-17(3)11-12-23-13-19(21-22-23)15-25-20-10-5-4-9-18(20)14-24/h4-5,7,9-11,13-14H,6,8,12,15H2,1-3H3. The summed E-state index contributed by atoms with van der Waals surface area (Å²) < 4.78 is 7.45. The van der Waals surface area contributed by atoms with E-state index in [1.807, 2.05) is 12.3 Å². The highest BCUT2D eigenvalue weighted by Gasteiger charge is 2.05. The summed E-state index contributed by atoms with van der Waals surface area (Å²) in [5.41, 5.74) is 3.96. The van der Waals surface area contributed by atoms with Gasteiger partial charge in [0, 0.05) is 0 Å². The number of allylic oxidation sites excluding steroid dienone is 4. The van der Waals surface area contributed by atoms with Crippen LogP contribution in [-0.2, 0) is 13.2 Å². The topological polar surface area (TPSA) is 57.0 Å². The molecule has 2 aromatic rings. The van der Waals surface area contributed by atoms with Gasteiger partial charge in [0.1, 0.15) is 18.1 Å². The SMILES string of the molecule is CC(C)=CCCC(C)=CCn1cc(COc2ccccc2C=O)nn1. The lowest BCUT2D eigenvalue weighted by atomic mass is 10.1. The average molecular weight is 339 g/mol. The van der Waals surface area contributed by atoms with Crippen molar-refractivity contribution in [1.82, 2.24) is 15.0 Å². The minimum Gasteiger partial charge on any atom is -0.486 e. The molecule has 1 aromatic heterocycles. The van der Waals surface area contributed by atoms with Crippen molar-refractivity contribution >= 4 is 6.29 Å². The second-order valence-corrected chi connectivity index (χ2v) is 6.25. The number of hydrogen-bond donors (Lipinski definition) is 0. The molecule has 5 nitrogen and oxygen atoms in total.